The second kappa shape index (κ2) is 55.9. The van der Waals surface area contributed by atoms with E-state index >= 15 is 0 Å². The van der Waals surface area contributed by atoms with E-state index in [4.69, 9.17) is 14.2 Å². The lowest BCUT2D eigenvalue weighted by Crippen LogP contribution is -2.30. The molecule has 0 aromatic rings. The van der Waals surface area contributed by atoms with Crippen LogP contribution in [-0.4, -0.2) is 37.2 Å². The summed E-state index contributed by atoms with van der Waals surface area (Å²) in [5.41, 5.74) is 0. The molecule has 0 aromatic carbocycles. The van der Waals surface area contributed by atoms with Gasteiger partial charge in [0, 0.05) is 19.3 Å². The zero-order chi connectivity index (χ0) is 49.3. The number of rotatable bonds is 50. The van der Waals surface area contributed by atoms with E-state index in [9.17, 15) is 14.4 Å². The second-order valence-corrected chi connectivity index (χ2v) is 18.5. The highest BCUT2D eigenvalue weighted by molar-refractivity contribution is 5.71. The minimum absolute atomic E-state index is 0.0992. The van der Waals surface area contributed by atoms with Gasteiger partial charge in [0.15, 0.2) is 6.10 Å². The zero-order valence-electron chi connectivity index (χ0n) is 44.3. The molecule has 0 N–H and O–H groups in total. The number of carbonyl (C=O) groups is 3. The molecule has 0 bridgehead atoms. The van der Waals surface area contributed by atoms with Gasteiger partial charge in [0.2, 0.25) is 0 Å². The second-order valence-electron chi connectivity index (χ2n) is 18.5. The van der Waals surface area contributed by atoms with Gasteiger partial charge in [0.1, 0.15) is 13.2 Å². The van der Waals surface area contributed by atoms with Gasteiger partial charge in [-0.3, -0.25) is 14.4 Å². The molecule has 0 aromatic heterocycles. The third kappa shape index (κ3) is 53.3. The standard InChI is InChI=1S/C62H104O6/c1-4-7-10-13-16-19-22-25-28-30-31-33-34-37-40-43-46-49-52-55-61(64)67-58-59(57-66-60(63)54-51-48-45-42-39-36-27-24-21-18-15-12-9-6-3)68-62(65)56-53-50-47-44-41-38-35-32-29-26-23-20-17-14-11-8-5-2/h15-20,24-29,31,33,37,40,59H,4-14,21-23,30,32,34-36,38-39,41-58H2,1-3H3/b18-15-,19-16-,20-17-,27-24-,28-25-,29-26-,33-31-,40-37-/t59-/m1/s1. The van der Waals surface area contributed by atoms with Crippen molar-refractivity contribution in [3.63, 3.8) is 0 Å². The van der Waals surface area contributed by atoms with Gasteiger partial charge in [-0.2, -0.15) is 0 Å². The molecule has 0 aliphatic rings. The van der Waals surface area contributed by atoms with Crippen LogP contribution in [0.25, 0.3) is 0 Å². The van der Waals surface area contributed by atoms with Crippen molar-refractivity contribution in [1.29, 1.82) is 0 Å². The lowest BCUT2D eigenvalue weighted by molar-refractivity contribution is -0.167. The van der Waals surface area contributed by atoms with Crippen molar-refractivity contribution in [1.82, 2.24) is 0 Å². The topological polar surface area (TPSA) is 78.9 Å². The Hall–Kier alpha value is -3.67. The van der Waals surface area contributed by atoms with Gasteiger partial charge < -0.3 is 14.2 Å². The summed E-state index contributed by atoms with van der Waals surface area (Å²) in [5.74, 6) is -0.950. The van der Waals surface area contributed by atoms with Crippen LogP contribution in [0, 0.1) is 0 Å². The number of hydrogen-bond donors (Lipinski definition) is 0. The molecular weight excluding hydrogens is 841 g/mol. The molecule has 0 rings (SSSR count). The maximum atomic E-state index is 12.8. The molecule has 6 heteroatoms. The average Bonchev–Trinajstić information content (AvgIpc) is 3.34. The maximum Gasteiger partial charge on any atom is 0.306 e. The third-order valence-corrected chi connectivity index (χ3v) is 11.8. The Bertz CT molecular complexity index is 1360. The Balaban J connectivity index is 4.48. The zero-order valence-corrected chi connectivity index (χ0v) is 44.3. The summed E-state index contributed by atoms with van der Waals surface area (Å²) >= 11 is 0. The number of unbranched alkanes of at least 4 members (excludes halogenated alkanes) is 23. The molecule has 0 fully saturated rings. The smallest absolute Gasteiger partial charge is 0.306 e. The van der Waals surface area contributed by atoms with Crippen LogP contribution in [0.1, 0.15) is 258 Å². The van der Waals surface area contributed by atoms with Crippen LogP contribution in [0.4, 0.5) is 0 Å². The van der Waals surface area contributed by atoms with Crippen molar-refractivity contribution in [2.24, 2.45) is 0 Å². The Morgan fingerprint density at radius 3 is 0.882 bits per heavy atom. The highest BCUT2D eigenvalue weighted by Gasteiger charge is 2.19. The third-order valence-electron chi connectivity index (χ3n) is 11.8. The van der Waals surface area contributed by atoms with E-state index in [2.05, 4.69) is 118 Å². The maximum absolute atomic E-state index is 12.8. The van der Waals surface area contributed by atoms with Gasteiger partial charge in [0.05, 0.1) is 0 Å². The van der Waals surface area contributed by atoms with E-state index in [1.807, 2.05) is 0 Å². The van der Waals surface area contributed by atoms with Crippen LogP contribution in [0.15, 0.2) is 97.2 Å². The number of hydrogen-bond acceptors (Lipinski definition) is 6. The monoisotopic (exact) mass is 945 g/mol. The summed E-state index contributed by atoms with van der Waals surface area (Å²) in [6.45, 7) is 6.50. The molecule has 0 spiro atoms. The summed E-state index contributed by atoms with van der Waals surface area (Å²) < 4.78 is 16.8. The van der Waals surface area contributed by atoms with Crippen LogP contribution in [0.2, 0.25) is 0 Å². The lowest BCUT2D eigenvalue weighted by Gasteiger charge is -2.18. The molecule has 1 atom stereocenters. The van der Waals surface area contributed by atoms with E-state index in [0.717, 1.165) is 122 Å². The fraction of sp³-hybridized carbons (Fsp3) is 0.694. The van der Waals surface area contributed by atoms with E-state index in [1.165, 1.54) is 96.3 Å². The summed E-state index contributed by atoms with van der Waals surface area (Å²) in [5, 5.41) is 0. The highest BCUT2D eigenvalue weighted by atomic mass is 16.6. The molecule has 6 nitrogen and oxygen atoms in total. The number of carbonyl (C=O) groups excluding carboxylic acids is 3. The van der Waals surface area contributed by atoms with Crippen LogP contribution >= 0.6 is 0 Å². The van der Waals surface area contributed by atoms with Gasteiger partial charge in [-0.25, -0.2) is 0 Å². The largest absolute Gasteiger partial charge is 0.462 e. The first-order chi connectivity index (χ1) is 33.5. The molecule has 0 aliphatic carbocycles. The predicted molar refractivity (Wildman–Crippen MR) is 293 cm³/mol. The van der Waals surface area contributed by atoms with E-state index < -0.39 is 6.10 Å². The van der Waals surface area contributed by atoms with Crippen LogP contribution in [0.5, 0.6) is 0 Å². The highest BCUT2D eigenvalue weighted by Crippen LogP contribution is 2.14. The summed E-state index contributed by atoms with van der Waals surface area (Å²) in [6, 6.07) is 0. The molecule has 388 valence electrons. The first kappa shape index (κ1) is 64.3. The fourth-order valence-electron chi connectivity index (χ4n) is 7.47. The van der Waals surface area contributed by atoms with Gasteiger partial charge in [-0.15, -0.1) is 0 Å². The molecule has 0 saturated carbocycles. The Kier molecular flexibility index (Phi) is 52.9. The minimum atomic E-state index is -0.802. The summed E-state index contributed by atoms with van der Waals surface area (Å²) in [4.78, 5) is 38.1. The molecule has 0 radical (unpaired) electrons. The Labute approximate surface area is 419 Å². The summed E-state index contributed by atoms with van der Waals surface area (Å²) in [7, 11) is 0. The molecule has 0 unspecified atom stereocenters. The average molecular weight is 946 g/mol. The molecule has 68 heavy (non-hydrogen) atoms. The first-order valence-electron chi connectivity index (χ1n) is 28.2. The van der Waals surface area contributed by atoms with Crippen molar-refractivity contribution < 1.29 is 28.6 Å². The van der Waals surface area contributed by atoms with Crippen LogP contribution < -0.4 is 0 Å². The van der Waals surface area contributed by atoms with Crippen molar-refractivity contribution in [2.75, 3.05) is 13.2 Å². The molecule has 0 aliphatic heterocycles. The molecule has 0 heterocycles. The predicted octanol–water partition coefficient (Wildman–Crippen LogP) is 18.9. The van der Waals surface area contributed by atoms with E-state index in [1.54, 1.807) is 0 Å². The van der Waals surface area contributed by atoms with Gasteiger partial charge in [-0.05, 0) is 122 Å². The molecule has 0 amide bonds. The number of esters is 3. The minimum Gasteiger partial charge on any atom is -0.462 e. The van der Waals surface area contributed by atoms with Crippen LogP contribution in [-0.2, 0) is 28.6 Å². The normalized spacial score (nSPS) is 12.8. The van der Waals surface area contributed by atoms with Crippen molar-refractivity contribution in [3.8, 4) is 0 Å². The Morgan fingerprint density at radius 2 is 0.544 bits per heavy atom. The SMILES string of the molecule is CCCC/C=C\C/C=C\CCCCCCCC(=O)OC[C@H](COC(=O)CCCCC/C=C\C/C=C\C/C=C\C/C=C\CCCCC)OC(=O)CCCCCCCCC/C=C\C/C=C\CCCCC. The molecular formula is C62H104O6. The van der Waals surface area contributed by atoms with Crippen molar-refractivity contribution in [3.05, 3.63) is 97.2 Å². The molecule has 0 saturated heterocycles. The number of allylic oxidation sites excluding steroid dienone is 16. The van der Waals surface area contributed by atoms with E-state index in [-0.39, 0.29) is 31.1 Å². The quantitative estimate of drug-likeness (QED) is 0.0262. The van der Waals surface area contributed by atoms with E-state index in [0.29, 0.717) is 19.3 Å². The Morgan fingerprint density at radius 1 is 0.294 bits per heavy atom. The van der Waals surface area contributed by atoms with Gasteiger partial charge >= 0.3 is 17.9 Å². The number of ether oxygens (including phenoxy) is 3. The summed E-state index contributed by atoms with van der Waals surface area (Å²) in [6.07, 6.45) is 73.8. The first-order valence-corrected chi connectivity index (χ1v) is 28.2. The fourth-order valence-corrected chi connectivity index (χ4v) is 7.47. The van der Waals surface area contributed by atoms with Crippen LogP contribution in [0.3, 0.4) is 0 Å². The van der Waals surface area contributed by atoms with Gasteiger partial charge in [-0.1, -0.05) is 214 Å². The van der Waals surface area contributed by atoms with Crippen molar-refractivity contribution >= 4 is 17.9 Å². The van der Waals surface area contributed by atoms with Crippen molar-refractivity contribution in [2.45, 2.75) is 264 Å². The van der Waals surface area contributed by atoms with Gasteiger partial charge in [0.25, 0.3) is 0 Å². The lowest BCUT2D eigenvalue weighted by atomic mass is 10.1.